The number of hydrogen-bond acceptors (Lipinski definition) is 3. The van der Waals surface area contributed by atoms with Crippen molar-refractivity contribution in [1.29, 1.82) is 0 Å². The Bertz CT molecular complexity index is 334. The van der Waals surface area contributed by atoms with Crippen LogP contribution < -0.4 is 10.6 Å². The Kier molecular flexibility index (Phi) is 4.98. The van der Waals surface area contributed by atoms with Crippen LogP contribution in [0.3, 0.4) is 0 Å². The molecule has 0 aliphatic rings. The van der Waals surface area contributed by atoms with Crippen molar-refractivity contribution in [3.05, 3.63) is 18.2 Å². The van der Waals surface area contributed by atoms with E-state index >= 15 is 0 Å². The predicted octanol–water partition coefficient (Wildman–Crippen LogP) is 0.517. The van der Waals surface area contributed by atoms with Crippen LogP contribution in [0.1, 0.15) is 26.6 Å². The highest BCUT2D eigenvalue weighted by Gasteiger charge is 2.11. The maximum absolute atomic E-state index is 11.5. The third-order valence-electron chi connectivity index (χ3n) is 2.45. The highest BCUT2D eigenvalue weighted by molar-refractivity contribution is 5.81. The van der Waals surface area contributed by atoms with Crippen LogP contribution in [0.15, 0.2) is 12.4 Å². The lowest BCUT2D eigenvalue weighted by Gasteiger charge is -2.13. The van der Waals surface area contributed by atoms with Crippen LogP contribution in [0.2, 0.25) is 0 Å². The number of nitrogens with one attached hydrogen (secondary N) is 2. The number of nitrogens with zero attached hydrogens (tertiary/aromatic N) is 2. The molecule has 0 aliphatic heterocycles. The molecule has 0 aliphatic carbocycles. The van der Waals surface area contributed by atoms with Crippen molar-refractivity contribution < 1.29 is 4.79 Å². The number of aromatic nitrogens is 2. The van der Waals surface area contributed by atoms with Gasteiger partial charge in [-0.15, -0.1) is 0 Å². The molecule has 2 N–H and O–H groups in total. The quantitative estimate of drug-likeness (QED) is 0.740. The first-order valence-electron chi connectivity index (χ1n) is 5.70. The fraction of sp³-hybridized carbons (Fsp3) is 0.636. The number of likely N-dealkylation sites (N-methyl/N-ethyl adjacent to an activating group) is 1. The van der Waals surface area contributed by atoms with Gasteiger partial charge in [0, 0.05) is 25.5 Å². The Morgan fingerprint density at radius 2 is 2.31 bits per heavy atom. The summed E-state index contributed by atoms with van der Waals surface area (Å²) in [5, 5.41) is 5.92. The van der Waals surface area contributed by atoms with E-state index in [1.807, 2.05) is 20.0 Å². The average Bonchev–Trinajstić information content (AvgIpc) is 2.73. The Morgan fingerprint density at radius 3 is 2.94 bits per heavy atom. The molecule has 5 heteroatoms. The van der Waals surface area contributed by atoms with E-state index in [2.05, 4.69) is 27.1 Å². The maximum Gasteiger partial charge on any atom is 0.236 e. The normalized spacial score (nSPS) is 12.4. The number of imidazole rings is 1. The van der Waals surface area contributed by atoms with Crippen molar-refractivity contribution in [1.82, 2.24) is 20.2 Å². The number of rotatable bonds is 6. The molecular weight excluding hydrogens is 204 g/mol. The molecule has 0 saturated heterocycles. The molecule has 1 amide bonds. The summed E-state index contributed by atoms with van der Waals surface area (Å²) in [6.45, 7) is 8.00. The van der Waals surface area contributed by atoms with Crippen LogP contribution >= 0.6 is 0 Å². The Morgan fingerprint density at radius 1 is 1.56 bits per heavy atom. The molecule has 1 unspecified atom stereocenters. The molecule has 0 aromatic carbocycles. The van der Waals surface area contributed by atoms with Crippen LogP contribution in [0.25, 0.3) is 0 Å². The summed E-state index contributed by atoms with van der Waals surface area (Å²) in [5.41, 5.74) is 0. The van der Waals surface area contributed by atoms with E-state index in [1.165, 1.54) is 0 Å². The van der Waals surface area contributed by atoms with Crippen molar-refractivity contribution in [2.45, 2.75) is 39.9 Å². The molecule has 5 nitrogen and oxygen atoms in total. The van der Waals surface area contributed by atoms with Crippen molar-refractivity contribution in [2.24, 2.45) is 0 Å². The SMILES string of the molecule is CCNC(=O)C(C)NCc1nccn1CC. The Labute approximate surface area is 96.3 Å². The second-order valence-electron chi connectivity index (χ2n) is 3.63. The summed E-state index contributed by atoms with van der Waals surface area (Å²) in [5.74, 6) is 0.982. The van der Waals surface area contributed by atoms with Gasteiger partial charge in [0.15, 0.2) is 0 Å². The standard InChI is InChI=1S/C11H20N4O/c1-4-12-11(16)9(3)14-8-10-13-6-7-15(10)5-2/h6-7,9,14H,4-5,8H2,1-3H3,(H,12,16). The van der Waals surface area contributed by atoms with E-state index in [9.17, 15) is 4.79 Å². The van der Waals surface area contributed by atoms with Gasteiger partial charge in [-0.25, -0.2) is 4.98 Å². The zero-order chi connectivity index (χ0) is 12.0. The molecule has 90 valence electrons. The van der Waals surface area contributed by atoms with E-state index in [-0.39, 0.29) is 11.9 Å². The van der Waals surface area contributed by atoms with E-state index in [4.69, 9.17) is 0 Å². The number of carbonyl (C=O) groups excluding carboxylic acids is 1. The van der Waals surface area contributed by atoms with Crippen molar-refractivity contribution in [3.63, 3.8) is 0 Å². The zero-order valence-electron chi connectivity index (χ0n) is 10.2. The molecule has 1 atom stereocenters. The van der Waals surface area contributed by atoms with Crippen LogP contribution in [-0.4, -0.2) is 28.0 Å². The summed E-state index contributed by atoms with van der Waals surface area (Å²) < 4.78 is 2.05. The van der Waals surface area contributed by atoms with Crippen LogP contribution in [0.5, 0.6) is 0 Å². The molecule has 1 aromatic heterocycles. The fourth-order valence-electron chi connectivity index (χ4n) is 1.46. The zero-order valence-corrected chi connectivity index (χ0v) is 10.2. The minimum Gasteiger partial charge on any atom is -0.355 e. The van der Waals surface area contributed by atoms with Gasteiger partial charge in [-0.2, -0.15) is 0 Å². The summed E-state index contributed by atoms with van der Waals surface area (Å²) in [6, 6.07) is -0.193. The van der Waals surface area contributed by atoms with Crippen LogP contribution in [-0.2, 0) is 17.9 Å². The van der Waals surface area contributed by atoms with Crippen molar-refractivity contribution >= 4 is 5.91 Å². The summed E-state index contributed by atoms with van der Waals surface area (Å²) in [4.78, 5) is 15.7. The molecule has 0 saturated carbocycles. The van der Waals surface area contributed by atoms with Gasteiger partial charge in [0.1, 0.15) is 5.82 Å². The molecule has 16 heavy (non-hydrogen) atoms. The number of amides is 1. The van der Waals surface area contributed by atoms with Gasteiger partial charge < -0.3 is 9.88 Å². The second-order valence-corrected chi connectivity index (χ2v) is 3.63. The van der Waals surface area contributed by atoms with E-state index in [0.717, 1.165) is 12.4 Å². The van der Waals surface area contributed by atoms with Crippen LogP contribution in [0, 0.1) is 0 Å². The topological polar surface area (TPSA) is 59.0 Å². The fourth-order valence-corrected chi connectivity index (χ4v) is 1.46. The third kappa shape index (κ3) is 3.34. The van der Waals surface area contributed by atoms with Gasteiger partial charge >= 0.3 is 0 Å². The minimum absolute atomic E-state index is 0.0251. The van der Waals surface area contributed by atoms with Gasteiger partial charge in [0.2, 0.25) is 5.91 Å². The highest BCUT2D eigenvalue weighted by Crippen LogP contribution is 1.97. The number of carbonyl (C=O) groups is 1. The van der Waals surface area contributed by atoms with Crippen molar-refractivity contribution in [2.75, 3.05) is 6.54 Å². The third-order valence-corrected chi connectivity index (χ3v) is 2.45. The lowest BCUT2D eigenvalue weighted by atomic mass is 10.3. The monoisotopic (exact) mass is 224 g/mol. The smallest absolute Gasteiger partial charge is 0.236 e. The number of aryl methyl sites for hydroxylation is 1. The lowest BCUT2D eigenvalue weighted by Crippen LogP contribution is -2.42. The largest absolute Gasteiger partial charge is 0.355 e. The first-order valence-corrected chi connectivity index (χ1v) is 5.70. The Hall–Kier alpha value is -1.36. The number of hydrogen-bond donors (Lipinski definition) is 2. The van der Waals surface area contributed by atoms with Gasteiger partial charge in [0.25, 0.3) is 0 Å². The highest BCUT2D eigenvalue weighted by atomic mass is 16.2. The molecule has 0 fully saturated rings. The first kappa shape index (κ1) is 12.7. The molecular formula is C11H20N4O. The second kappa shape index (κ2) is 6.27. The van der Waals surface area contributed by atoms with Crippen LogP contribution in [0.4, 0.5) is 0 Å². The Balaban J connectivity index is 2.42. The van der Waals surface area contributed by atoms with E-state index in [0.29, 0.717) is 13.1 Å². The summed E-state index contributed by atoms with van der Waals surface area (Å²) in [6.07, 6.45) is 3.71. The molecule has 1 heterocycles. The summed E-state index contributed by atoms with van der Waals surface area (Å²) >= 11 is 0. The van der Waals surface area contributed by atoms with Gasteiger partial charge in [-0.3, -0.25) is 10.1 Å². The van der Waals surface area contributed by atoms with Gasteiger partial charge in [0.05, 0.1) is 12.6 Å². The molecule has 0 bridgehead atoms. The minimum atomic E-state index is -0.193. The summed E-state index contributed by atoms with van der Waals surface area (Å²) in [7, 11) is 0. The van der Waals surface area contributed by atoms with Gasteiger partial charge in [-0.05, 0) is 20.8 Å². The van der Waals surface area contributed by atoms with E-state index < -0.39 is 0 Å². The molecule has 0 radical (unpaired) electrons. The average molecular weight is 224 g/mol. The maximum atomic E-state index is 11.5. The van der Waals surface area contributed by atoms with Crippen molar-refractivity contribution in [3.8, 4) is 0 Å². The van der Waals surface area contributed by atoms with Gasteiger partial charge in [-0.1, -0.05) is 0 Å². The molecule has 1 rings (SSSR count). The first-order chi connectivity index (χ1) is 7.69. The molecule has 1 aromatic rings. The lowest BCUT2D eigenvalue weighted by molar-refractivity contribution is -0.122. The van der Waals surface area contributed by atoms with E-state index in [1.54, 1.807) is 6.20 Å². The molecule has 0 spiro atoms. The predicted molar refractivity (Wildman–Crippen MR) is 62.9 cm³/mol.